The van der Waals surface area contributed by atoms with Crippen LogP contribution in [0.5, 0.6) is 0 Å². The van der Waals surface area contributed by atoms with Gasteiger partial charge in [0.15, 0.2) is 5.78 Å². The number of Topliss-reactive ketones (excluding diaryl/α,β-unsaturated/α-hetero) is 2. The van der Waals surface area contributed by atoms with E-state index in [1.54, 1.807) is 13.8 Å². The maximum atomic E-state index is 13.1. The molecule has 20 nitrogen and oxygen atoms in total. The number of amides is 3. The Balaban J connectivity index is 1.25. The molecule has 3 amide bonds. The maximum Gasteiger partial charge on any atom is 0.475 e. The first-order valence-corrected chi connectivity index (χ1v) is 22.3. The van der Waals surface area contributed by atoms with Crippen molar-refractivity contribution in [3.63, 3.8) is 0 Å². The summed E-state index contributed by atoms with van der Waals surface area (Å²) >= 11 is -3.97. The van der Waals surface area contributed by atoms with E-state index in [0.29, 0.717) is 71.7 Å². The normalized spacial score (nSPS) is 25.0. The molecule has 4 bridgehead atoms. The maximum absolute atomic E-state index is 13.1. The van der Waals surface area contributed by atoms with Gasteiger partial charge in [-0.15, -0.1) is 0 Å². The molecule has 0 aromatic carbocycles. The molecule has 4 N–H and O–H groups in total. The number of ketones is 2. The summed E-state index contributed by atoms with van der Waals surface area (Å²) in [6.45, 7) is 8.22. The van der Waals surface area contributed by atoms with E-state index in [4.69, 9.17) is 10.6 Å². The summed E-state index contributed by atoms with van der Waals surface area (Å²) in [6.07, 6.45) is 0.615. The van der Waals surface area contributed by atoms with Crippen molar-refractivity contribution in [2.45, 2.75) is 64.9 Å². The number of carbonyl (C=O) groups is 8. The Labute approximate surface area is 333 Å². The first-order chi connectivity index (χ1) is 26.6. The molecule has 4 saturated heterocycles. The molecule has 2 unspecified atom stereocenters. The molecule has 4 heterocycles. The van der Waals surface area contributed by atoms with Gasteiger partial charge in [-0.1, -0.05) is 13.8 Å². The number of rotatable bonds is 14. The Hall–Kier alpha value is -3.38. The number of nitrogens with one attached hydrogen (secondary N) is 2. The zero-order valence-electron chi connectivity index (χ0n) is 32.5. The second-order valence-electron chi connectivity index (χ2n) is 15.2. The van der Waals surface area contributed by atoms with Gasteiger partial charge in [0.05, 0.1) is 12.5 Å². The van der Waals surface area contributed by atoms with E-state index in [9.17, 15) is 48.4 Å². The van der Waals surface area contributed by atoms with Crippen LogP contribution in [-0.2, 0) is 48.9 Å². The van der Waals surface area contributed by atoms with Gasteiger partial charge < -0.3 is 25.6 Å². The van der Waals surface area contributed by atoms with Crippen molar-refractivity contribution in [3.05, 3.63) is 0 Å². The van der Waals surface area contributed by atoms with Gasteiger partial charge in [-0.3, -0.25) is 19.2 Å². The summed E-state index contributed by atoms with van der Waals surface area (Å²) in [5.41, 5.74) is 0. The van der Waals surface area contributed by atoms with Crippen molar-refractivity contribution in [3.8, 4) is 0 Å². The molecule has 0 aromatic heterocycles. The van der Waals surface area contributed by atoms with E-state index in [1.807, 2.05) is 19.6 Å². The Kier molecular flexibility index (Phi) is 17.8. The Morgan fingerprint density at radius 3 is 1.79 bits per heavy atom. The minimum Gasteiger partial charge on any atom is -0.426 e. The van der Waals surface area contributed by atoms with E-state index in [-0.39, 0.29) is 63.7 Å². The molecule has 5 atom stereocenters. The molecule has 4 aliphatic heterocycles. The van der Waals surface area contributed by atoms with E-state index in [1.165, 1.54) is 11.8 Å². The first kappa shape index (κ1) is 45.3. The van der Waals surface area contributed by atoms with Crippen molar-refractivity contribution in [1.29, 1.82) is 0 Å². The number of hydrogen-bond donors (Lipinski definition) is 4. The van der Waals surface area contributed by atoms with Crippen LogP contribution in [0.3, 0.4) is 0 Å². The topological polar surface area (TPSA) is 245 Å². The standard InChI is InChI=1S/C34H58BN7O13.Ga/c1-23(2)27(33(52)37-24(3)34(53)42-8-4-5-28(42)35(54)55)17-26(44)18-36-29(45)7-6-25(43)19-38-9-11-39(20-30(46)47)13-15-41(22-32(50)51)16-14-40(12-10-38)21-31(48)49;/h23-24,27-28,54-55H,4-22H2,1-3H3,(H,36,45)(H,37,52)(H,46,47)(H,48,49)(H,50,51);/q;+3/p-3/t24-,27+,28+;/m1./s1. The summed E-state index contributed by atoms with van der Waals surface area (Å²) in [7, 11) is -1.69. The first-order valence-electron chi connectivity index (χ1n) is 19.3. The number of fused-ring (bicyclic) bond motifs is 7. The number of likely N-dealkylation sites (tertiary alicyclic amines) is 1. The molecule has 0 aromatic rings. The summed E-state index contributed by atoms with van der Waals surface area (Å²) in [5, 5.41) is 24.4. The predicted molar refractivity (Wildman–Crippen MR) is 198 cm³/mol. The third-order valence-corrected chi connectivity index (χ3v) is 13.3. The monoisotopic (exact) mass is 849 g/mol. The SMILES string of the molecule is CC(C)[C@H](CC(=O)CNC(=O)CCC(=O)CN1CCN2CCN3CCN(CC1)CC(=O)[O][Ga]([O]C(=O)C2)[O]C(=O)C3)C(=O)N[C@H](C)C(=O)N1CCC[C@H]1B(O)O. The van der Waals surface area contributed by atoms with Crippen LogP contribution in [0.4, 0.5) is 0 Å². The largest absolute Gasteiger partial charge is 0.475 e. The minimum absolute atomic E-state index is 0.0137. The molecule has 0 spiro atoms. The molecule has 0 saturated carbocycles. The van der Waals surface area contributed by atoms with Crippen LogP contribution >= 0.6 is 0 Å². The smallest absolute Gasteiger partial charge is 0.426 e. The van der Waals surface area contributed by atoms with Gasteiger partial charge >= 0.3 is 195 Å². The van der Waals surface area contributed by atoms with Crippen molar-refractivity contribution in [1.82, 2.24) is 35.1 Å². The van der Waals surface area contributed by atoms with Crippen molar-refractivity contribution in [2.75, 3.05) is 91.6 Å². The van der Waals surface area contributed by atoms with Gasteiger partial charge in [-0.2, -0.15) is 0 Å². The minimum atomic E-state index is -3.97. The third kappa shape index (κ3) is 14.5. The van der Waals surface area contributed by atoms with Gasteiger partial charge in [0.2, 0.25) is 11.8 Å². The van der Waals surface area contributed by atoms with E-state index in [0.717, 1.165) is 0 Å². The quantitative estimate of drug-likeness (QED) is 0.122. The fraction of sp³-hybridized carbons (Fsp3) is 0.765. The number of nitrogens with zero attached hydrogens (tertiary/aromatic N) is 5. The Bertz CT molecular complexity index is 1420. The molecular formula is C34H55BGaN7O13. The zero-order valence-corrected chi connectivity index (χ0v) is 34.9. The molecule has 4 aliphatic rings. The molecule has 0 aliphatic carbocycles. The van der Waals surface area contributed by atoms with Crippen molar-refractivity contribution < 1.29 is 59.0 Å². The van der Waals surface area contributed by atoms with Crippen LogP contribution in [0.15, 0.2) is 0 Å². The van der Waals surface area contributed by atoms with Crippen LogP contribution in [0, 0.1) is 11.8 Å². The second-order valence-corrected chi connectivity index (χ2v) is 17.9. The average Bonchev–Trinajstić information content (AvgIpc) is 3.61. The van der Waals surface area contributed by atoms with Crippen LogP contribution in [-0.4, -0.2) is 210 Å². The third-order valence-electron chi connectivity index (χ3n) is 10.4. The zero-order chi connectivity index (χ0) is 40.9. The number of hydrogen-bond acceptors (Lipinski definition) is 17. The van der Waals surface area contributed by atoms with Crippen LogP contribution in [0.25, 0.3) is 0 Å². The molecule has 4 rings (SSSR count). The average molecular weight is 850 g/mol. The predicted octanol–water partition coefficient (Wildman–Crippen LogP) is -3.95. The fourth-order valence-electron chi connectivity index (χ4n) is 7.09. The van der Waals surface area contributed by atoms with Gasteiger partial charge in [0.1, 0.15) is 6.04 Å². The molecular weight excluding hydrogens is 795 g/mol. The Morgan fingerprint density at radius 1 is 0.768 bits per heavy atom. The summed E-state index contributed by atoms with van der Waals surface area (Å²) in [6, 6.07) is -0.948. The molecule has 56 heavy (non-hydrogen) atoms. The van der Waals surface area contributed by atoms with Crippen LogP contribution in [0.1, 0.15) is 52.9 Å². The number of carbonyl (C=O) groups excluding carboxylic acids is 8. The van der Waals surface area contributed by atoms with Gasteiger partial charge in [-0.05, 0) is 25.7 Å². The second kappa shape index (κ2) is 22.0. The van der Waals surface area contributed by atoms with Gasteiger partial charge in [0, 0.05) is 18.9 Å². The summed E-state index contributed by atoms with van der Waals surface area (Å²) < 4.78 is 16.1. The Morgan fingerprint density at radius 2 is 1.29 bits per heavy atom. The molecule has 0 radical (unpaired) electrons. The molecule has 310 valence electrons. The van der Waals surface area contributed by atoms with Gasteiger partial charge in [0.25, 0.3) is 0 Å². The van der Waals surface area contributed by atoms with E-state index < -0.39 is 83.7 Å². The molecule has 4 fully saturated rings. The van der Waals surface area contributed by atoms with E-state index in [2.05, 4.69) is 10.6 Å². The molecule has 22 heteroatoms. The van der Waals surface area contributed by atoms with Crippen LogP contribution < -0.4 is 10.6 Å². The van der Waals surface area contributed by atoms with Crippen molar-refractivity contribution >= 4 is 71.6 Å². The summed E-state index contributed by atoms with van der Waals surface area (Å²) in [5.74, 6) is -5.79. The van der Waals surface area contributed by atoms with Crippen LogP contribution in [0.2, 0.25) is 0 Å². The fourth-order valence-corrected chi connectivity index (χ4v) is 9.21. The summed E-state index contributed by atoms with van der Waals surface area (Å²) in [4.78, 5) is 112. The van der Waals surface area contributed by atoms with Gasteiger partial charge in [-0.25, -0.2) is 0 Å². The van der Waals surface area contributed by atoms with Crippen molar-refractivity contribution in [2.24, 2.45) is 11.8 Å². The van der Waals surface area contributed by atoms with E-state index >= 15 is 0 Å².